The highest BCUT2D eigenvalue weighted by Crippen LogP contribution is 2.76. The van der Waals surface area contributed by atoms with Gasteiger partial charge in [0.05, 0.1) is 99.8 Å². The Labute approximate surface area is 799 Å². The minimum absolute atomic E-state index is 0.0787. The second kappa shape index (κ2) is 47.4. The molecule has 5 aliphatic carbocycles. The third kappa shape index (κ3) is 24.6. The van der Waals surface area contributed by atoms with E-state index in [1.807, 2.05) is 40.7 Å². The van der Waals surface area contributed by atoms with Gasteiger partial charge in [-0.1, -0.05) is 101 Å². The van der Waals surface area contributed by atoms with Gasteiger partial charge < -0.3 is 209 Å². The zero-order chi connectivity index (χ0) is 103. The molecule has 46 heteroatoms. The Morgan fingerprint density at radius 2 is 1.22 bits per heavy atom. The summed E-state index contributed by atoms with van der Waals surface area (Å²) in [7, 11) is 0. The van der Waals surface area contributed by atoms with Gasteiger partial charge in [0, 0.05) is 19.4 Å². The molecular formula is C92H152O46. The average Bonchev–Trinajstić information content (AvgIpc) is 0.704. The Balaban J connectivity index is 1.03. The number of aldehydes is 1. The van der Waals surface area contributed by atoms with Crippen LogP contribution in [-0.2, 0) is 90.3 Å². The van der Waals surface area contributed by atoms with Crippen LogP contribution in [0.5, 0.6) is 0 Å². The minimum Gasteiger partial charge on any atom is -0.506 e. The predicted molar refractivity (Wildman–Crippen MR) is 466 cm³/mol. The van der Waals surface area contributed by atoms with Crippen molar-refractivity contribution in [3.63, 3.8) is 0 Å². The normalized spacial score (nSPS) is 39.2. The maximum absolute atomic E-state index is 16.4. The summed E-state index contributed by atoms with van der Waals surface area (Å²) in [6.07, 6.45) is -60.6. The molecule has 4 aliphatic heterocycles. The summed E-state index contributed by atoms with van der Waals surface area (Å²) in [6, 6.07) is 0. The summed E-state index contributed by atoms with van der Waals surface area (Å²) in [5.74, 6) is -19.4. The maximum Gasteiger partial charge on any atom is 0.317 e. The van der Waals surface area contributed by atoms with Crippen LogP contribution in [0.2, 0.25) is 0 Å². The van der Waals surface area contributed by atoms with Crippen molar-refractivity contribution in [2.24, 2.45) is 62.1 Å². The molecule has 8 fully saturated rings. The third-order valence-corrected chi connectivity index (χ3v) is 31.3. The first-order valence-electron chi connectivity index (χ1n) is 47.6. The van der Waals surface area contributed by atoms with E-state index in [1.54, 1.807) is 27.7 Å². The Kier molecular flexibility index (Phi) is 39.9. The van der Waals surface area contributed by atoms with E-state index in [4.69, 9.17) is 66.3 Å². The zero-order valence-corrected chi connectivity index (χ0v) is 80.2. The highest BCUT2D eigenvalue weighted by molar-refractivity contribution is 5.80. The van der Waals surface area contributed by atoms with Crippen LogP contribution in [0, 0.1) is 62.1 Å². The fourth-order valence-corrected chi connectivity index (χ4v) is 22.3. The Bertz CT molecular complexity index is 4080. The maximum atomic E-state index is 16.4. The molecule has 4 saturated heterocycles. The quantitative estimate of drug-likeness (QED) is 0.00768. The molecule has 9 aliphatic rings. The van der Waals surface area contributed by atoms with Gasteiger partial charge in [0.1, 0.15) is 104 Å². The van der Waals surface area contributed by atoms with E-state index < -0.39 is 377 Å². The molecule has 46 nitrogen and oxygen atoms in total. The van der Waals surface area contributed by atoms with Crippen LogP contribution in [0.4, 0.5) is 0 Å². The molecule has 0 aromatic rings. The highest BCUT2D eigenvalue weighted by Gasteiger charge is 2.74. The van der Waals surface area contributed by atoms with Crippen LogP contribution in [0.1, 0.15) is 212 Å². The van der Waals surface area contributed by atoms with E-state index >= 15 is 4.79 Å². The number of carboxylic acid groups (broad SMARTS) is 1. The molecule has 0 aromatic carbocycles. The molecule has 27 N–H and O–H groups in total. The van der Waals surface area contributed by atoms with E-state index in [-0.39, 0.29) is 76.5 Å². The number of carbonyl (C=O) groups is 5. The van der Waals surface area contributed by atoms with E-state index in [9.17, 15) is 157 Å². The average molecular weight is 1990 g/mol. The van der Waals surface area contributed by atoms with E-state index in [2.05, 4.69) is 6.92 Å². The summed E-state index contributed by atoms with van der Waals surface area (Å²) in [6.45, 7) is 17.7. The van der Waals surface area contributed by atoms with Crippen LogP contribution in [0.15, 0.2) is 34.7 Å². The monoisotopic (exact) mass is 1990 g/mol. The number of carbonyl (C=O) groups excluding carboxylic acids is 4. The summed E-state index contributed by atoms with van der Waals surface area (Å²) < 4.78 is 82.9. The molecule has 43 atom stereocenters. The van der Waals surface area contributed by atoms with Crippen molar-refractivity contribution in [1.29, 1.82) is 0 Å². The minimum atomic E-state index is -3.20. The molecular weight excluding hydrogens is 1840 g/mol. The number of ether oxygens (including phenoxy) is 14. The summed E-state index contributed by atoms with van der Waals surface area (Å²) in [5, 5.41) is 299. The van der Waals surface area contributed by atoms with Crippen molar-refractivity contribution in [2.45, 2.75) is 414 Å². The standard InChI is InChI=1S/C92H152O46/c1-14-40(4)52(128-61(107)29-45(99)28-53(41(5)15-2)130-82-74(119)69(114)54(35-94)131-82)27-44(98)30-62(108)132-75-65(110)43(7)127-83(76(75)133-78(120)72(117)68(113)51(16-3)129-63-34-91(124,58(104)37-125-63)137-79(121)70(115)64(109)42(6)97)135-84(123)90-25-24-85(8,9)32-47(90)46-17-18-56-86(10)22-20-59(87(11,38-95)55(86)19-23-88(56,12)89(46,13)33-57(90)103)136-92(39-96,138-80(122)71(116)66(111)48(100)21-26-93)77(49(101)31-60(105)106)134-81-73(118)67(112)50(102)36-126-81/h17,38,40-45,47-59,63,65-67,69,71,73-83,93-94,96-104,109-122,124H,14-16,18-37,39H2,1-13H3,(H,105,106)/b70-64-,72-68+/t40-,41-,42?,43?,44-,45-,47?,48?,49?,50?,51?,52-,53-,54?,55?,56?,57+,58?,59-,63?,65?,66?,67?,69?,71?,73?,74?,75?,76?,77?,78?,79?,80?,81?,82?,83?,86-,87-,88+,89+,90+,91?,92?/m0/s1. The van der Waals surface area contributed by atoms with Crippen molar-refractivity contribution in [2.75, 3.05) is 33.0 Å². The van der Waals surface area contributed by atoms with Crippen LogP contribution in [0.3, 0.4) is 0 Å². The van der Waals surface area contributed by atoms with Gasteiger partial charge in [0.2, 0.25) is 30.4 Å². The number of aliphatic hydroxyl groups excluding tert-OH is 25. The van der Waals surface area contributed by atoms with Gasteiger partial charge in [0.15, 0.2) is 60.4 Å². The second-order valence-corrected chi connectivity index (χ2v) is 41.0. The molecule has 0 aromatic heterocycles. The van der Waals surface area contributed by atoms with Crippen molar-refractivity contribution in [1.82, 2.24) is 0 Å². The summed E-state index contributed by atoms with van der Waals surface area (Å²) >= 11 is 0. The number of aliphatic hydroxyl groups is 26. The van der Waals surface area contributed by atoms with Crippen molar-refractivity contribution in [3.05, 3.63) is 34.7 Å². The van der Waals surface area contributed by atoms with Gasteiger partial charge in [-0.2, -0.15) is 0 Å². The molecule has 0 radical (unpaired) electrons. The van der Waals surface area contributed by atoms with Crippen molar-refractivity contribution in [3.8, 4) is 0 Å². The molecule has 30 unspecified atom stereocenters. The highest BCUT2D eigenvalue weighted by atomic mass is 16.8. The third-order valence-electron chi connectivity index (χ3n) is 31.3. The number of hydrogen-bond donors (Lipinski definition) is 27. The molecule has 9 rings (SSSR count). The van der Waals surface area contributed by atoms with Gasteiger partial charge in [-0.05, 0) is 136 Å². The first-order valence-corrected chi connectivity index (χ1v) is 47.6. The van der Waals surface area contributed by atoms with Crippen LogP contribution in [0.25, 0.3) is 0 Å². The lowest BCUT2D eigenvalue weighted by Crippen LogP contribution is -2.69. The number of carboxylic acids is 1. The van der Waals surface area contributed by atoms with Gasteiger partial charge in [0.25, 0.3) is 0 Å². The first-order chi connectivity index (χ1) is 64.4. The van der Waals surface area contributed by atoms with Gasteiger partial charge in [-0.3, -0.25) is 19.2 Å². The lowest BCUT2D eigenvalue weighted by atomic mass is 9.33. The summed E-state index contributed by atoms with van der Waals surface area (Å²) in [4.78, 5) is 71.8. The largest absolute Gasteiger partial charge is 0.506 e. The number of hydrogen-bond acceptors (Lipinski definition) is 45. The zero-order valence-electron chi connectivity index (χ0n) is 80.2. The molecule has 0 spiro atoms. The lowest BCUT2D eigenvalue weighted by molar-refractivity contribution is -0.412. The van der Waals surface area contributed by atoms with Gasteiger partial charge in [-0.25, -0.2) is 0 Å². The number of esters is 3. The summed E-state index contributed by atoms with van der Waals surface area (Å²) in [5.41, 5.74) is -6.41. The molecule has 138 heavy (non-hydrogen) atoms. The molecule has 4 saturated carbocycles. The molecule has 796 valence electrons. The van der Waals surface area contributed by atoms with Crippen LogP contribution >= 0.6 is 0 Å². The second-order valence-electron chi connectivity index (χ2n) is 41.0. The molecule has 4 heterocycles. The molecule has 0 amide bonds. The SMILES string of the molecule is CCC(OC1CC(O)(OC(O)/C(O)=C(/O)C(C)O)C(O)CO1)/C(O)=C(\O)C(O)OC1C(OC(=O)[C@]23CCC(C)(C)CC2C2=CCC4[C@@]5(C)CC[C@H](OC(CO)(OC(O)C(O)C(O)C(O)CCO)C(OC6OCC(O)C(O)C6O)C(O)CC(=O)O)[C@@](C)(C=O)C5CC[C@@]4(C)[C@]2(C)C[C@H]3O)OC(C)C(O)C1OC(=O)C[C@@H](O)C[C@H](OC(=O)C[C@@H](O)C[C@H](OC1OC(CO)C(O)C1O)[C@@H](C)CC)[C@@H](C)CC. The number of aliphatic carboxylic acids is 1. The number of rotatable bonds is 47. The van der Waals surface area contributed by atoms with Crippen LogP contribution in [-0.4, -0.2) is 403 Å². The van der Waals surface area contributed by atoms with E-state index in [0.29, 0.717) is 19.1 Å². The van der Waals surface area contributed by atoms with E-state index in [0.717, 1.165) is 12.5 Å². The van der Waals surface area contributed by atoms with Crippen molar-refractivity contribution < 1.29 is 228 Å². The fourth-order valence-electron chi connectivity index (χ4n) is 22.3. The number of allylic oxidation sites excluding steroid dienone is 2. The molecule has 0 bridgehead atoms. The smallest absolute Gasteiger partial charge is 0.317 e. The van der Waals surface area contributed by atoms with Crippen LogP contribution < -0.4 is 0 Å². The predicted octanol–water partition coefficient (Wildman–Crippen LogP) is -2.19. The lowest BCUT2D eigenvalue weighted by Gasteiger charge is -2.71. The van der Waals surface area contributed by atoms with Gasteiger partial charge in [-0.15, -0.1) is 0 Å². The van der Waals surface area contributed by atoms with E-state index in [1.165, 1.54) is 13.8 Å². The topological polar surface area (TPSA) is 761 Å². The fraction of sp³-hybridized carbons (Fsp3) is 0.880. The Morgan fingerprint density at radius 1 is 0.594 bits per heavy atom. The Morgan fingerprint density at radius 3 is 1.81 bits per heavy atom. The van der Waals surface area contributed by atoms with Gasteiger partial charge >= 0.3 is 23.9 Å². The Hall–Kier alpha value is -5.35. The first kappa shape index (κ1) is 116. The number of fused-ring (bicyclic) bond motifs is 7. The van der Waals surface area contributed by atoms with Crippen molar-refractivity contribution >= 4 is 30.2 Å².